The van der Waals surface area contributed by atoms with Crippen LogP contribution in [0.1, 0.15) is 52.9 Å². The molecule has 29 heavy (non-hydrogen) atoms. The molecule has 0 N–H and O–H groups in total. The number of likely N-dealkylation sites (tertiary alicyclic amines) is 2. The highest BCUT2D eigenvalue weighted by molar-refractivity contribution is 5.95. The Bertz CT molecular complexity index is 541. The molecule has 0 spiro atoms. The van der Waals surface area contributed by atoms with Gasteiger partial charge in [0.2, 0.25) is 0 Å². The molecule has 0 saturated carbocycles. The molecule has 7 heteroatoms. The van der Waals surface area contributed by atoms with Crippen molar-refractivity contribution in [3.8, 4) is 0 Å². The van der Waals surface area contributed by atoms with E-state index < -0.39 is 6.09 Å². The van der Waals surface area contributed by atoms with Crippen LogP contribution in [0.3, 0.4) is 0 Å². The van der Waals surface area contributed by atoms with E-state index in [2.05, 4.69) is 40.5 Å². The molecule has 0 atom stereocenters. The first-order valence-electron chi connectivity index (χ1n) is 11.5. The molecule has 3 aliphatic heterocycles. The summed E-state index contributed by atoms with van der Waals surface area (Å²) in [6.45, 7) is 15.1. The Labute approximate surface area is 176 Å². The largest absolute Gasteiger partial charge is 0.447 e. The van der Waals surface area contributed by atoms with Gasteiger partial charge in [0.15, 0.2) is 0 Å². The highest BCUT2D eigenvalue weighted by atomic mass is 16.5. The van der Waals surface area contributed by atoms with Crippen LogP contribution in [0, 0.1) is 5.41 Å². The quantitative estimate of drug-likeness (QED) is 0.527. The molecular weight excluding hydrogens is 368 g/mol. The molecule has 3 heterocycles. The summed E-state index contributed by atoms with van der Waals surface area (Å²) in [5.74, 6) is 0.799. The molecule has 3 saturated heterocycles. The third-order valence-corrected chi connectivity index (χ3v) is 6.28. The Balaban J connectivity index is 1.40. The number of amidine groups is 1. The van der Waals surface area contributed by atoms with Gasteiger partial charge in [0, 0.05) is 31.1 Å². The van der Waals surface area contributed by atoms with Gasteiger partial charge in [-0.15, -0.1) is 0 Å². The molecule has 7 nitrogen and oxygen atoms in total. The van der Waals surface area contributed by atoms with Crippen LogP contribution < -0.4 is 0 Å². The SMILES string of the molecule is CC(C)(C)/C(=N/C(=O)OCCN1CCC(N2CCCCC2)CC1)N1CCOCC1. The lowest BCUT2D eigenvalue weighted by Crippen LogP contribution is -2.47. The van der Waals surface area contributed by atoms with Gasteiger partial charge in [0.05, 0.1) is 13.2 Å². The van der Waals surface area contributed by atoms with Gasteiger partial charge < -0.3 is 19.3 Å². The molecule has 0 aromatic carbocycles. The van der Waals surface area contributed by atoms with E-state index in [9.17, 15) is 4.79 Å². The molecule has 0 aromatic rings. The Morgan fingerprint density at radius 1 is 1.00 bits per heavy atom. The second kappa shape index (κ2) is 10.7. The van der Waals surface area contributed by atoms with E-state index in [1.54, 1.807) is 0 Å². The summed E-state index contributed by atoms with van der Waals surface area (Å²) in [6, 6.07) is 0.751. The summed E-state index contributed by atoms with van der Waals surface area (Å²) in [7, 11) is 0. The van der Waals surface area contributed by atoms with Crippen molar-refractivity contribution < 1.29 is 14.3 Å². The monoisotopic (exact) mass is 408 g/mol. The highest BCUT2D eigenvalue weighted by Crippen LogP contribution is 2.22. The van der Waals surface area contributed by atoms with Crippen molar-refractivity contribution in [1.82, 2.24) is 14.7 Å². The van der Waals surface area contributed by atoms with Crippen LogP contribution >= 0.6 is 0 Å². The normalized spacial score (nSPS) is 24.0. The van der Waals surface area contributed by atoms with E-state index in [-0.39, 0.29) is 5.41 Å². The van der Waals surface area contributed by atoms with Gasteiger partial charge in [-0.3, -0.25) is 4.90 Å². The van der Waals surface area contributed by atoms with E-state index in [0.717, 1.165) is 44.6 Å². The van der Waals surface area contributed by atoms with Gasteiger partial charge in [0.25, 0.3) is 0 Å². The molecular formula is C22H40N4O3. The molecule has 3 fully saturated rings. The van der Waals surface area contributed by atoms with Crippen LogP contribution in [-0.4, -0.2) is 98.3 Å². The van der Waals surface area contributed by atoms with E-state index in [0.29, 0.717) is 19.8 Å². The lowest BCUT2D eigenvalue weighted by atomic mass is 9.93. The Kier molecular flexibility index (Phi) is 8.33. The number of rotatable bonds is 4. The van der Waals surface area contributed by atoms with Gasteiger partial charge in [-0.05, 0) is 51.9 Å². The number of hydrogen-bond acceptors (Lipinski definition) is 5. The predicted octanol–water partition coefficient (Wildman–Crippen LogP) is 2.85. The number of amides is 1. The Morgan fingerprint density at radius 2 is 1.66 bits per heavy atom. The first-order chi connectivity index (χ1) is 13.9. The van der Waals surface area contributed by atoms with Gasteiger partial charge in [-0.2, -0.15) is 4.99 Å². The van der Waals surface area contributed by atoms with Crippen molar-refractivity contribution >= 4 is 11.9 Å². The third-order valence-electron chi connectivity index (χ3n) is 6.28. The summed E-state index contributed by atoms with van der Waals surface area (Å²) >= 11 is 0. The van der Waals surface area contributed by atoms with E-state index in [4.69, 9.17) is 9.47 Å². The Hall–Kier alpha value is -1.18. The minimum atomic E-state index is -0.468. The van der Waals surface area contributed by atoms with Crippen molar-refractivity contribution in [3.63, 3.8) is 0 Å². The lowest BCUT2D eigenvalue weighted by molar-refractivity contribution is 0.0639. The number of carbonyl (C=O) groups is 1. The predicted molar refractivity (Wildman–Crippen MR) is 116 cm³/mol. The zero-order valence-electron chi connectivity index (χ0n) is 18.7. The van der Waals surface area contributed by atoms with E-state index in [1.165, 1.54) is 45.2 Å². The van der Waals surface area contributed by atoms with Crippen LogP contribution in [0.2, 0.25) is 0 Å². The van der Waals surface area contributed by atoms with Crippen molar-refractivity contribution in [2.24, 2.45) is 10.4 Å². The molecule has 3 rings (SSSR count). The van der Waals surface area contributed by atoms with Crippen LogP contribution in [-0.2, 0) is 9.47 Å². The summed E-state index contributed by atoms with van der Waals surface area (Å²) in [5, 5.41) is 0. The van der Waals surface area contributed by atoms with Gasteiger partial charge in [0.1, 0.15) is 12.4 Å². The topological polar surface area (TPSA) is 57.6 Å². The van der Waals surface area contributed by atoms with Crippen molar-refractivity contribution in [1.29, 1.82) is 0 Å². The smallest absolute Gasteiger partial charge is 0.435 e. The molecule has 0 bridgehead atoms. The number of aliphatic imine (C=N–C) groups is 1. The zero-order valence-corrected chi connectivity index (χ0v) is 18.7. The summed E-state index contributed by atoms with van der Waals surface area (Å²) in [4.78, 5) is 23.9. The average Bonchev–Trinajstić information content (AvgIpc) is 2.73. The summed E-state index contributed by atoms with van der Waals surface area (Å²) in [5.41, 5.74) is -0.202. The van der Waals surface area contributed by atoms with E-state index in [1.807, 2.05) is 0 Å². The number of morpholine rings is 1. The van der Waals surface area contributed by atoms with Crippen LogP contribution in [0.5, 0.6) is 0 Å². The first-order valence-corrected chi connectivity index (χ1v) is 11.5. The fraction of sp³-hybridized carbons (Fsp3) is 0.909. The van der Waals surface area contributed by atoms with Gasteiger partial charge >= 0.3 is 6.09 Å². The molecule has 0 aliphatic carbocycles. The maximum atomic E-state index is 12.4. The second-order valence-corrected chi connectivity index (χ2v) is 9.57. The maximum Gasteiger partial charge on any atom is 0.435 e. The second-order valence-electron chi connectivity index (χ2n) is 9.57. The standard InChI is InChI=1S/C22H40N4O3/c1-22(2,3)20(26-14-16-28-17-15-26)23-21(27)29-18-13-24-11-7-19(8-12-24)25-9-5-4-6-10-25/h19H,4-18H2,1-3H3/b23-20-. The van der Waals surface area contributed by atoms with Crippen molar-refractivity contribution in [3.05, 3.63) is 0 Å². The number of hydrogen-bond donors (Lipinski definition) is 0. The summed E-state index contributed by atoms with van der Waals surface area (Å²) in [6.07, 6.45) is 6.11. The zero-order chi connectivity index (χ0) is 20.7. The fourth-order valence-corrected chi connectivity index (χ4v) is 4.66. The molecule has 166 valence electrons. The van der Waals surface area contributed by atoms with Gasteiger partial charge in [-0.25, -0.2) is 4.79 Å². The number of nitrogens with zero attached hydrogens (tertiary/aromatic N) is 4. The minimum Gasteiger partial charge on any atom is -0.447 e. The fourth-order valence-electron chi connectivity index (χ4n) is 4.66. The third kappa shape index (κ3) is 6.93. The van der Waals surface area contributed by atoms with E-state index >= 15 is 0 Å². The van der Waals surface area contributed by atoms with Crippen LogP contribution in [0.15, 0.2) is 4.99 Å². The highest BCUT2D eigenvalue weighted by Gasteiger charge is 2.28. The van der Waals surface area contributed by atoms with Crippen LogP contribution in [0.25, 0.3) is 0 Å². The molecule has 0 aromatic heterocycles. The minimum absolute atomic E-state index is 0.202. The number of piperidine rings is 2. The average molecular weight is 409 g/mol. The molecule has 3 aliphatic rings. The Morgan fingerprint density at radius 3 is 2.28 bits per heavy atom. The molecule has 0 unspecified atom stereocenters. The summed E-state index contributed by atoms with van der Waals surface area (Å²) < 4.78 is 10.9. The maximum absolute atomic E-state index is 12.4. The van der Waals surface area contributed by atoms with Crippen molar-refractivity contribution in [2.75, 3.05) is 65.6 Å². The molecule has 0 radical (unpaired) electrons. The number of carbonyl (C=O) groups excluding carboxylic acids is 1. The lowest BCUT2D eigenvalue weighted by Gasteiger charge is -2.40. The van der Waals surface area contributed by atoms with Gasteiger partial charge in [-0.1, -0.05) is 27.2 Å². The first kappa shape index (κ1) is 22.5. The number of ether oxygens (including phenoxy) is 2. The van der Waals surface area contributed by atoms with Crippen molar-refractivity contribution in [2.45, 2.75) is 58.9 Å². The molecule has 1 amide bonds. The van der Waals surface area contributed by atoms with Crippen LogP contribution in [0.4, 0.5) is 4.79 Å².